The lowest BCUT2D eigenvalue weighted by molar-refractivity contribution is 0.0773. The van der Waals surface area contributed by atoms with Crippen molar-refractivity contribution in [3.63, 3.8) is 0 Å². The molecular weight excluding hydrogens is 450 g/mol. The first kappa shape index (κ1) is 25.9. The smallest absolute Gasteiger partial charge is 0.253 e. The fourth-order valence-electron chi connectivity index (χ4n) is 3.98. The number of benzene rings is 2. The zero-order valence-corrected chi connectivity index (χ0v) is 21.1. The first-order valence-corrected chi connectivity index (χ1v) is 13.5. The van der Waals surface area contributed by atoms with Crippen LogP contribution in [0.25, 0.3) is 5.57 Å². The van der Waals surface area contributed by atoms with Crippen molar-refractivity contribution in [2.45, 2.75) is 38.5 Å². The van der Waals surface area contributed by atoms with Gasteiger partial charge in [0.2, 0.25) is 10.0 Å². The lowest BCUT2D eigenvalue weighted by Crippen LogP contribution is -2.30. The van der Waals surface area contributed by atoms with Gasteiger partial charge < -0.3 is 15.0 Å². The second-order valence-electron chi connectivity index (χ2n) is 8.07. The first-order valence-electron chi connectivity index (χ1n) is 12.0. The number of carbonyl (C=O) groups excluding carboxylic acids is 1. The van der Waals surface area contributed by atoms with E-state index >= 15 is 0 Å². The lowest BCUT2D eigenvalue weighted by atomic mass is 9.95. The number of nitrogens with one attached hydrogen (secondary N) is 2. The second kappa shape index (κ2) is 12.1. The Balaban J connectivity index is 2.08. The highest BCUT2D eigenvalue weighted by atomic mass is 32.2. The van der Waals surface area contributed by atoms with Crippen LogP contribution in [0.1, 0.15) is 55.1 Å². The van der Waals surface area contributed by atoms with Gasteiger partial charge in [0.25, 0.3) is 5.91 Å². The van der Waals surface area contributed by atoms with Crippen molar-refractivity contribution < 1.29 is 17.9 Å². The van der Waals surface area contributed by atoms with E-state index in [-0.39, 0.29) is 10.8 Å². The van der Waals surface area contributed by atoms with Crippen LogP contribution in [0.2, 0.25) is 0 Å². The minimum atomic E-state index is -3.62. The van der Waals surface area contributed by atoms with E-state index < -0.39 is 10.0 Å². The average Bonchev–Trinajstić information content (AvgIpc) is 2.88. The molecule has 0 atom stereocenters. The lowest BCUT2D eigenvalue weighted by Gasteiger charge is -2.19. The predicted octanol–water partition coefficient (Wildman–Crippen LogP) is 3.66. The van der Waals surface area contributed by atoms with Gasteiger partial charge in [0.05, 0.1) is 11.5 Å². The molecule has 34 heavy (non-hydrogen) atoms. The van der Waals surface area contributed by atoms with E-state index in [4.69, 9.17) is 4.74 Å². The summed E-state index contributed by atoms with van der Waals surface area (Å²) in [6.45, 7) is 9.51. The Morgan fingerprint density at radius 3 is 2.47 bits per heavy atom. The molecule has 1 heterocycles. The maximum Gasteiger partial charge on any atom is 0.253 e. The molecule has 0 radical (unpaired) electrons. The highest BCUT2D eigenvalue weighted by molar-refractivity contribution is 7.89. The van der Waals surface area contributed by atoms with Crippen LogP contribution in [-0.2, 0) is 10.0 Å². The Bertz CT molecular complexity index is 1110. The van der Waals surface area contributed by atoms with Crippen LogP contribution >= 0.6 is 0 Å². The van der Waals surface area contributed by atoms with Gasteiger partial charge in [0.15, 0.2) is 0 Å². The fraction of sp³-hybridized carbons (Fsp3) is 0.423. The molecule has 2 N–H and O–H groups in total. The van der Waals surface area contributed by atoms with Gasteiger partial charge in [-0.15, -0.1) is 0 Å². The van der Waals surface area contributed by atoms with E-state index in [9.17, 15) is 13.2 Å². The van der Waals surface area contributed by atoms with Crippen LogP contribution < -0.4 is 14.8 Å². The van der Waals surface area contributed by atoms with Crippen LogP contribution in [-0.4, -0.2) is 58.6 Å². The van der Waals surface area contributed by atoms with Crippen molar-refractivity contribution >= 4 is 21.5 Å². The van der Waals surface area contributed by atoms with Gasteiger partial charge in [-0.05, 0) is 81.2 Å². The molecule has 7 nitrogen and oxygen atoms in total. The van der Waals surface area contributed by atoms with Crippen LogP contribution in [0.5, 0.6) is 5.75 Å². The zero-order valence-electron chi connectivity index (χ0n) is 20.3. The van der Waals surface area contributed by atoms with E-state index in [1.54, 1.807) is 30.0 Å². The normalized spacial score (nSPS) is 16.4. The van der Waals surface area contributed by atoms with E-state index in [1.165, 1.54) is 0 Å². The van der Waals surface area contributed by atoms with Crippen molar-refractivity contribution in [2.75, 3.05) is 39.3 Å². The highest BCUT2D eigenvalue weighted by Gasteiger charge is 2.20. The topological polar surface area (TPSA) is 87.7 Å². The predicted molar refractivity (Wildman–Crippen MR) is 136 cm³/mol. The maximum atomic E-state index is 12.7. The van der Waals surface area contributed by atoms with Crippen molar-refractivity contribution in [3.05, 3.63) is 65.2 Å². The maximum absolute atomic E-state index is 12.7. The van der Waals surface area contributed by atoms with Crippen molar-refractivity contribution in [1.29, 1.82) is 0 Å². The Morgan fingerprint density at radius 2 is 1.79 bits per heavy atom. The molecular formula is C26H35N3O4S. The van der Waals surface area contributed by atoms with Gasteiger partial charge in [-0.25, -0.2) is 13.1 Å². The average molecular weight is 486 g/mol. The van der Waals surface area contributed by atoms with Crippen LogP contribution in [0.15, 0.2) is 53.4 Å². The summed E-state index contributed by atoms with van der Waals surface area (Å²) >= 11 is 0. The Kier molecular flexibility index (Phi) is 9.27. The summed E-state index contributed by atoms with van der Waals surface area (Å²) < 4.78 is 34.0. The number of rotatable bonds is 7. The molecule has 0 fully saturated rings. The second-order valence-corrected chi connectivity index (χ2v) is 9.84. The van der Waals surface area contributed by atoms with Crippen molar-refractivity contribution in [2.24, 2.45) is 0 Å². The van der Waals surface area contributed by atoms with Gasteiger partial charge >= 0.3 is 0 Å². The number of fused-ring (bicyclic) bond motifs is 1. The number of nitrogens with zero attached hydrogens (tertiary/aromatic N) is 1. The van der Waals surface area contributed by atoms with Gasteiger partial charge in [0.1, 0.15) is 5.75 Å². The van der Waals surface area contributed by atoms with Crippen LogP contribution in [0.4, 0.5) is 0 Å². The third-order valence-electron chi connectivity index (χ3n) is 5.80. The summed E-state index contributed by atoms with van der Waals surface area (Å²) in [6.07, 6.45) is 3.73. The number of ether oxygens (including phenoxy) is 1. The van der Waals surface area contributed by atoms with E-state index in [2.05, 4.69) is 16.1 Å². The molecule has 8 heteroatoms. The van der Waals surface area contributed by atoms with Crippen LogP contribution in [0.3, 0.4) is 0 Å². The molecule has 0 aromatic heterocycles. The summed E-state index contributed by atoms with van der Waals surface area (Å²) in [6, 6.07) is 12.5. The molecule has 1 amide bonds. The Labute approximate surface area is 203 Å². The number of carbonyl (C=O) groups is 1. The summed E-state index contributed by atoms with van der Waals surface area (Å²) in [4.78, 5) is 14.7. The molecule has 0 saturated carbocycles. The molecule has 1 aliphatic rings. The van der Waals surface area contributed by atoms with Gasteiger partial charge in [0, 0.05) is 30.8 Å². The van der Waals surface area contributed by atoms with E-state index in [0.717, 1.165) is 42.6 Å². The molecule has 0 saturated heterocycles. The molecule has 2 aromatic rings. The minimum absolute atomic E-state index is 0.0000701. The standard InChI is InChI=1S/C26H35N3O4S/c1-4-28-34(31,32)22-14-15-25-24(19-22)23(9-7-16-27-17-8-18-33-25)20-10-12-21(13-11-20)26(30)29(5-2)6-3/h9-15,19,27-28H,4-8,16-18H2,1-3H3/b23-9-. The first-order chi connectivity index (χ1) is 16.4. The SMILES string of the molecule is CCNS(=O)(=O)c1ccc2c(c1)/C(c1ccc(C(=O)N(CC)CC)cc1)=C\CCNCCCO2. The zero-order chi connectivity index (χ0) is 24.6. The minimum Gasteiger partial charge on any atom is -0.493 e. The molecule has 1 aliphatic heterocycles. The number of sulfonamides is 1. The Morgan fingerprint density at radius 1 is 1.06 bits per heavy atom. The molecule has 2 aromatic carbocycles. The van der Waals surface area contributed by atoms with Gasteiger partial charge in [-0.2, -0.15) is 0 Å². The van der Waals surface area contributed by atoms with E-state index in [0.29, 0.717) is 37.6 Å². The summed E-state index contributed by atoms with van der Waals surface area (Å²) in [5, 5.41) is 3.40. The summed E-state index contributed by atoms with van der Waals surface area (Å²) in [7, 11) is -3.62. The summed E-state index contributed by atoms with van der Waals surface area (Å²) in [5.41, 5.74) is 3.14. The van der Waals surface area contributed by atoms with Crippen molar-refractivity contribution in [3.8, 4) is 5.75 Å². The third kappa shape index (κ3) is 6.25. The van der Waals surface area contributed by atoms with Gasteiger partial charge in [-0.3, -0.25) is 4.79 Å². The molecule has 0 bridgehead atoms. The van der Waals surface area contributed by atoms with E-state index in [1.807, 2.05) is 38.1 Å². The number of amides is 1. The summed E-state index contributed by atoms with van der Waals surface area (Å²) in [5.74, 6) is 0.645. The molecule has 0 unspecified atom stereocenters. The monoisotopic (exact) mass is 485 g/mol. The number of hydrogen-bond acceptors (Lipinski definition) is 5. The van der Waals surface area contributed by atoms with Crippen LogP contribution in [0, 0.1) is 0 Å². The molecule has 3 rings (SSSR count). The quantitative estimate of drug-likeness (QED) is 0.625. The highest BCUT2D eigenvalue weighted by Crippen LogP contribution is 2.34. The molecule has 184 valence electrons. The van der Waals surface area contributed by atoms with Gasteiger partial charge in [-0.1, -0.05) is 25.1 Å². The molecule has 0 spiro atoms. The number of hydrogen-bond donors (Lipinski definition) is 2. The van der Waals surface area contributed by atoms with Crippen molar-refractivity contribution in [1.82, 2.24) is 14.9 Å². The fourth-order valence-corrected chi connectivity index (χ4v) is 5.04. The molecule has 0 aliphatic carbocycles. The largest absolute Gasteiger partial charge is 0.493 e. The Hall–Kier alpha value is -2.68. The third-order valence-corrected chi connectivity index (χ3v) is 7.35.